The second kappa shape index (κ2) is 4.22. The van der Waals surface area contributed by atoms with Crippen LogP contribution in [-0.4, -0.2) is 20.0 Å². The van der Waals surface area contributed by atoms with Gasteiger partial charge < -0.3 is 5.32 Å². The molecule has 0 unspecified atom stereocenters. The van der Waals surface area contributed by atoms with E-state index in [1.165, 1.54) is 13.8 Å². The topological polar surface area (TPSA) is 72.5 Å². The number of rotatable bonds is 4. The molecule has 0 spiro atoms. The van der Waals surface area contributed by atoms with Gasteiger partial charge in [0.1, 0.15) is 0 Å². The van der Waals surface area contributed by atoms with E-state index in [1.54, 1.807) is 0 Å². The molecule has 1 amide bonds. The van der Waals surface area contributed by atoms with Gasteiger partial charge in [0.15, 0.2) is 5.72 Å². The summed E-state index contributed by atoms with van der Waals surface area (Å²) in [6, 6.07) is 0. The largest absolute Gasteiger partial charge is 0.324 e. The highest BCUT2D eigenvalue weighted by molar-refractivity contribution is 7.67. The van der Waals surface area contributed by atoms with Crippen LogP contribution in [0.15, 0.2) is 12.7 Å². The highest BCUT2D eigenvalue weighted by Crippen LogP contribution is 2.03. The Balaban J connectivity index is 4.21. The molecule has 0 aliphatic heterocycles. The lowest BCUT2D eigenvalue weighted by Crippen LogP contribution is -2.44. The normalized spacial score (nSPS) is 11.2. The van der Waals surface area contributed by atoms with Crippen molar-refractivity contribution in [2.75, 3.05) is 0 Å². The van der Waals surface area contributed by atoms with E-state index in [4.69, 9.17) is 0 Å². The van der Waals surface area contributed by atoms with Gasteiger partial charge in [-0.1, -0.05) is 6.58 Å². The number of carbonyl (C=O) groups is 1. The summed E-state index contributed by atoms with van der Waals surface area (Å²) in [6.07, 6.45) is 1.03. The molecule has 5 nitrogen and oxygen atoms in total. The maximum absolute atomic E-state index is 10.7. The maximum atomic E-state index is 10.7. The lowest BCUT2D eigenvalue weighted by atomic mass is 10.3. The Bertz CT molecular complexity index is 248. The molecule has 0 heterocycles. The first-order valence-electron chi connectivity index (χ1n) is 3.15. The summed E-state index contributed by atoms with van der Waals surface area (Å²) in [7, 11) is -2.97. The smallest absolute Gasteiger partial charge is 0.259 e. The first kappa shape index (κ1) is 11.1. The van der Waals surface area contributed by atoms with Gasteiger partial charge in [-0.3, -0.25) is 4.79 Å². The zero-order chi connectivity index (χ0) is 9.78. The molecule has 0 aromatic heterocycles. The van der Waals surface area contributed by atoms with Gasteiger partial charge in [-0.2, -0.15) is 0 Å². The number of nitrogens with one attached hydrogen (secondary N) is 1. The molecule has 0 aromatic rings. The monoisotopic (exact) mass is 193 g/mol. The lowest BCUT2D eigenvalue weighted by Gasteiger charge is -2.21. The van der Waals surface area contributed by atoms with E-state index < -0.39 is 22.6 Å². The average Bonchev–Trinajstić information content (AvgIpc) is 1.83. The van der Waals surface area contributed by atoms with Crippen molar-refractivity contribution in [1.29, 1.82) is 0 Å². The van der Waals surface area contributed by atoms with Crippen LogP contribution in [0.25, 0.3) is 0 Å². The van der Waals surface area contributed by atoms with Gasteiger partial charge in [-0.15, -0.1) is 0 Å². The van der Waals surface area contributed by atoms with E-state index >= 15 is 0 Å². The quantitative estimate of drug-likeness (QED) is 0.361. The zero-order valence-corrected chi connectivity index (χ0v) is 7.76. The summed E-state index contributed by atoms with van der Waals surface area (Å²) in [5.74, 6) is -0.489. The Morgan fingerprint density at radius 3 is 2.42 bits per heavy atom. The summed E-state index contributed by atoms with van der Waals surface area (Å²) in [5, 5.41) is 2.27. The third-order valence-corrected chi connectivity index (χ3v) is 1.52. The number of amides is 1. The van der Waals surface area contributed by atoms with Gasteiger partial charge in [-0.25, -0.2) is 12.6 Å². The van der Waals surface area contributed by atoms with Crippen LogP contribution in [0.5, 0.6) is 0 Å². The molecule has 0 aromatic carbocycles. The van der Waals surface area contributed by atoms with E-state index in [2.05, 4.69) is 16.1 Å². The molecule has 1 N–H and O–H groups in total. The van der Waals surface area contributed by atoms with Crippen LogP contribution in [0, 0.1) is 0 Å². The molecule has 0 aliphatic rings. The molecule has 0 saturated carbocycles. The van der Waals surface area contributed by atoms with Gasteiger partial charge in [-0.05, 0) is 19.9 Å². The Morgan fingerprint density at radius 1 is 1.58 bits per heavy atom. The third kappa shape index (κ3) is 4.86. The molecule has 70 valence electrons. The van der Waals surface area contributed by atoms with Gasteiger partial charge in [0.25, 0.3) is 11.0 Å². The van der Waals surface area contributed by atoms with E-state index in [1.807, 2.05) is 0 Å². The standard InChI is InChI=1S/C6H11NO4S/c1-4-5(8)7-6(2,3)11-12(9)10/h4,12H,1H2,2-3H3,(H,7,8). The van der Waals surface area contributed by atoms with Crippen LogP contribution in [0.3, 0.4) is 0 Å². The minimum Gasteiger partial charge on any atom is -0.324 e. The molecule has 6 heteroatoms. The minimum absolute atomic E-state index is 0.489. The molecule has 0 rings (SSSR count). The number of thiol groups is 1. The number of carbonyl (C=O) groups excluding carboxylic acids is 1. The SMILES string of the molecule is C=CC(=O)NC(C)(C)O[SH](=O)=O. The number of hydrogen-bond donors (Lipinski definition) is 2. The van der Waals surface area contributed by atoms with Crippen LogP contribution in [0.4, 0.5) is 0 Å². The highest BCUT2D eigenvalue weighted by Gasteiger charge is 2.20. The molecular weight excluding hydrogens is 182 g/mol. The van der Waals surface area contributed by atoms with Crippen molar-refractivity contribution in [2.24, 2.45) is 0 Å². The fraction of sp³-hybridized carbons (Fsp3) is 0.500. The van der Waals surface area contributed by atoms with Crippen LogP contribution in [0.1, 0.15) is 13.8 Å². The first-order valence-corrected chi connectivity index (χ1v) is 4.25. The van der Waals surface area contributed by atoms with Gasteiger partial charge in [0, 0.05) is 0 Å². The summed E-state index contributed by atoms with van der Waals surface area (Å²) >= 11 is 0. The van der Waals surface area contributed by atoms with Crippen LogP contribution < -0.4 is 5.32 Å². The molecular formula is C6H11NO4S. The second-order valence-corrected chi connectivity index (χ2v) is 3.15. The van der Waals surface area contributed by atoms with Crippen molar-refractivity contribution in [2.45, 2.75) is 19.6 Å². The second-order valence-electron chi connectivity index (χ2n) is 2.52. The number of hydrogen-bond acceptors (Lipinski definition) is 4. The van der Waals surface area contributed by atoms with E-state index in [0.29, 0.717) is 0 Å². The summed E-state index contributed by atoms with van der Waals surface area (Å²) in [4.78, 5) is 10.7. The predicted molar refractivity (Wildman–Crippen MR) is 43.8 cm³/mol. The van der Waals surface area contributed by atoms with Crippen molar-refractivity contribution in [3.8, 4) is 0 Å². The minimum atomic E-state index is -2.97. The van der Waals surface area contributed by atoms with Gasteiger partial charge in [0.2, 0.25) is 5.91 Å². The van der Waals surface area contributed by atoms with Gasteiger partial charge in [0.05, 0.1) is 0 Å². The molecule has 0 atom stereocenters. The van der Waals surface area contributed by atoms with E-state index in [-0.39, 0.29) is 0 Å². The Morgan fingerprint density at radius 2 is 2.08 bits per heavy atom. The zero-order valence-electron chi connectivity index (χ0n) is 6.86. The lowest BCUT2D eigenvalue weighted by molar-refractivity contribution is -0.120. The molecule has 0 bridgehead atoms. The van der Waals surface area contributed by atoms with Crippen molar-refractivity contribution < 1.29 is 17.4 Å². The van der Waals surface area contributed by atoms with E-state index in [9.17, 15) is 13.2 Å². The van der Waals surface area contributed by atoms with Crippen molar-refractivity contribution in [3.05, 3.63) is 12.7 Å². The molecule has 0 radical (unpaired) electrons. The van der Waals surface area contributed by atoms with Crippen molar-refractivity contribution in [1.82, 2.24) is 5.32 Å². The molecule has 0 saturated heterocycles. The summed E-state index contributed by atoms with van der Waals surface area (Å²) in [5.41, 5.74) is -1.22. The maximum Gasteiger partial charge on any atom is 0.259 e. The average molecular weight is 193 g/mol. The molecule has 0 aliphatic carbocycles. The fourth-order valence-electron chi connectivity index (χ4n) is 0.557. The fourth-order valence-corrected chi connectivity index (χ4v) is 0.975. The predicted octanol–water partition coefficient (Wildman–Crippen LogP) is -0.432. The first-order chi connectivity index (χ1) is 5.37. The Labute approximate surface area is 72.6 Å². The van der Waals surface area contributed by atoms with Crippen molar-refractivity contribution in [3.63, 3.8) is 0 Å². The van der Waals surface area contributed by atoms with E-state index in [0.717, 1.165) is 6.08 Å². The summed E-state index contributed by atoms with van der Waals surface area (Å²) in [6.45, 7) is 6.04. The molecule has 0 fully saturated rings. The van der Waals surface area contributed by atoms with Gasteiger partial charge >= 0.3 is 0 Å². The highest BCUT2D eigenvalue weighted by atomic mass is 32.2. The Kier molecular flexibility index (Phi) is 3.91. The summed E-state index contributed by atoms with van der Waals surface area (Å²) < 4.78 is 24.6. The van der Waals surface area contributed by atoms with Crippen LogP contribution in [0.2, 0.25) is 0 Å². The van der Waals surface area contributed by atoms with Crippen LogP contribution >= 0.6 is 0 Å². The Hall–Kier alpha value is -0.880. The van der Waals surface area contributed by atoms with Crippen molar-refractivity contribution >= 4 is 16.9 Å². The molecule has 12 heavy (non-hydrogen) atoms. The van der Waals surface area contributed by atoms with Crippen LogP contribution in [-0.2, 0) is 20.0 Å². The third-order valence-electron chi connectivity index (χ3n) is 0.912.